The van der Waals surface area contributed by atoms with E-state index in [0.717, 1.165) is 11.6 Å². The number of tetrazole rings is 1. The average molecular weight is 281 g/mol. The molecule has 2 fully saturated rings. The van der Waals surface area contributed by atoms with Gasteiger partial charge in [-0.15, -0.1) is 5.10 Å². The van der Waals surface area contributed by atoms with Crippen molar-refractivity contribution in [2.75, 3.05) is 0 Å². The summed E-state index contributed by atoms with van der Waals surface area (Å²) in [6, 6.07) is 0.806. The summed E-state index contributed by atoms with van der Waals surface area (Å²) in [6.45, 7) is 0. The molecule has 2 aliphatic carbocycles. The molecule has 1 heterocycles. The molecule has 6 heteroatoms. The zero-order chi connectivity index (χ0) is 13.1. The number of hydrogen-bond donors (Lipinski definition) is 1. The molecule has 0 spiro atoms. The van der Waals surface area contributed by atoms with Gasteiger partial charge in [-0.05, 0) is 36.1 Å². The Morgan fingerprint density at radius 3 is 2.58 bits per heavy atom. The van der Waals surface area contributed by atoms with Crippen molar-refractivity contribution >= 4 is 11.8 Å². The minimum absolute atomic E-state index is 0.293. The van der Waals surface area contributed by atoms with Crippen LogP contribution in [-0.2, 0) is 0 Å². The minimum Gasteiger partial charge on any atom is -0.327 e. The zero-order valence-corrected chi connectivity index (χ0v) is 12.2. The van der Waals surface area contributed by atoms with Crippen molar-refractivity contribution in [1.29, 1.82) is 0 Å². The first-order valence-electron chi connectivity index (χ1n) is 7.54. The van der Waals surface area contributed by atoms with Crippen LogP contribution in [0.4, 0.5) is 0 Å². The second kappa shape index (κ2) is 6.22. The summed E-state index contributed by atoms with van der Waals surface area (Å²) in [6.07, 6.45) is 11.3. The van der Waals surface area contributed by atoms with Gasteiger partial charge in [0.15, 0.2) is 0 Å². The number of hydrogen-bond acceptors (Lipinski definition) is 5. The van der Waals surface area contributed by atoms with Crippen molar-refractivity contribution in [1.82, 2.24) is 20.2 Å². The van der Waals surface area contributed by atoms with Crippen molar-refractivity contribution in [3.05, 3.63) is 0 Å². The van der Waals surface area contributed by atoms with Crippen molar-refractivity contribution in [3.8, 4) is 0 Å². The van der Waals surface area contributed by atoms with E-state index in [9.17, 15) is 0 Å². The molecule has 0 aromatic carbocycles. The third kappa shape index (κ3) is 3.11. The van der Waals surface area contributed by atoms with Crippen LogP contribution >= 0.6 is 11.8 Å². The SMILES string of the molecule is NC1CCCCCC1Sc1nnnn1C1CCCC1. The summed E-state index contributed by atoms with van der Waals surface area (Å²) < 4.78 is 2.05. The average Bonchev–Trinajstić information content (AvgIpc) is 3.03. The fourth-order valence-electron chi connectivity index (χ4n) is 3.23. The molecule has 1 aromatic heterocycles. The van der Waals surface area contributed by atoms with Crippen LogP contribution in [0.1, 0.15) is 63.8 Å². The molecule has 0 amide bonds. The Balaban J connectivity index is 1.70. The first-order valence-corrected chi connectivity index (χ1v) is 8.42. The third-order valence-electron chi connectivity index (χ3n) is 4.39. The Labute approximate surface area is 118 Å². The lowest BCUT2D eigenvalue weighted by atomic mass is 10.1. The lowest BCUT2D eigenvalue weighted by Crippen LogP contribution is -2.31. The van der Waals surface area contributed by atoms with Gasteiger partial charge in [0.1, 0.15) is 0 Å². The standard InChI is InChI=1S/C13H23N5S/c14-11-8-2-1-3-9-12(11)19-13-15-16-17-18(13)10-6-4-5-7-10/h10-12H,1-9,14H2. The second-order valence-electron chi connectivity index (χ2n) is 5.80. The van der Waals surface area contributed by atoms with Crippen molar-refractivity contribution in [2.45, 2.75) is 80.3 Å². The fraction of sp³-hybridized carbons (Fsp3) is 0.923. The Morgan fingerprint density at radius 2 is 1.74 bits per heavy atom. The third-order valence-corrected chi connectivity index (χ3v) is 5.76. The van der Waals surface area contributed by atoms with Crippen molar-refractivity contribution in [3.63, 3.8) is 0 Å². The molecule has 2 atom stereocenters. The van der Waals surface area contributed by atoms with E-state index in [4.69, 9.17) is 5.73 Å². The van der Waals surface area contributed by atoms with E-state index in [1.165, 1.54) is 51.4 Å². The van der Waals surface area contributed by atoms with Crippen LogP contribution < -0.4 is 5.73 Å². The molecule has 5 nitrogen and oxygen atoms in total. The molecule has 3 rings (SSSR count). The largest absolute Gasteiger partial charge is 0.327 e. The highest BCUT2D eigenvalue weighted by Crippen LogP contribution is 2.35. The molecular weight excluding hydrogens is 258 g/mol. The van der Waals surface area contributed by atoms with Gasteiger partial charge in [0.05, 0.1) is 6.04 Å². The number of rotatable bonds is 3. The van der Waals surface area contributed by atoms with E-state index in [0.29, 0.717) is 17.3 Å². The van der Waals surface area contributed by atoms with Crippen LogP contribution in [0.5, 0.6) is 0 Å². The van der Waals surface area contributed by atoms with E-state index >= 15 is 0 Å². The van der Waals surface area contributed by atoms with Crippen molar-refractivity contribution in [2.24, 2.45) is 5.73 Å². The highest BCUT2D eigenvalue weighted by molar-refractivity contribution is 7.99. The van der Waals surface area contributed by atoms with Crippen LogP contribution in [0.15, 0.2) is 5.16 Å². The van der Waals surface area contributed by atoms with Crippen LogP contribution in [0.25, 0.3) is 0 Å². The predicted octanol–water partition coefficient (Wildman–Crippen LogP) is 2.54. The predicted molar refractivity (Wildman–Crippen MR) is 76.0 cm³/mol. The molecule has 106 valence electrons. The highest BCUT2D eigenvalue weighted by Gasteiger charge is 2.27. The molecule has 19 heavy (non-hydrogen) atoms. The lowest BCUT2D eigenvalue weighted by molar-refractivity contribution is 0.422. The molecule has 2 aliphatic rings. The van der Waals surface area contributed by atoms with E-state index in [1.807, 2.05) is 11.8 Å². The lowest BCUT2D eigenvalue weighted by Gasteiger charge is -2.20. The van der Waals surface area contributed by atoms with Gasteiger partial charge in [0.25, 0.3) is 0 Å². The first-order chi connectivity index (χ1) is 9.34. The Bertz CT molecular complexity index is 401. The summed E-state index contributed by atoms with van der Waals surface area (Å²) in [5, 5.41) is 13.8. The number of aromatic nitrogens is 4. The molecule has 0 bridgehead atoms. The van der Waals surface area contributed by atoms with Crippen LogP contribution in [0.2, 0.25) is 0 Å². The molecule has 1 aromatic rings. The summed E-state index contributed by atoms with van der Waals surface area (Å²) in [4.78, 5) is 0. The van der Waals surface area contributed by atoms with Gasteiger partial charge in [-0.2, -0.15) is 0 Å². The summed E-state index contributed by atoms with van der Waals surface area (Å²) >= 11 is 1.81. The molecule has 0 saturated heterocycles. The van der Waals surface area contributed by atoms with Gasteiger partial charge in [-0.1, -0.05) is 43.9 Å². The number of thioether (sulfide) groups is 1. The molecule has 0 aliphatic heterocycles. The highest BCUT2D eigenvalue weighted by atomic mass is 32.2. The molecule has 2 saturated carbocycles. The topological polar surface area (TPSA) is 69.6 Å². The number of nitrogens with two attached hydrogens (primary N) is 1. The van der Waals surface area contributed by atoms with E-state index in [1.54, 1.807) is 0 Å². The quantitative estimate of drug-likeness (QED) is 0.862. The van der Waals surface area contributed by atoms with Gasteiger partial charge in [-0.25, -0.2) is 4.68 Å². The Kier molecular flexibility index (Phi) is 4.38. The van der Waals surface area contributed by atoms with E-state index < -0.39 is 0 Å². The fourth-order valence-corrected chi connectivity index (χ4v) is 4.47. The Morgan fingerprint density at radius 1 is 1.00 bits per heavy atom. The maximum absolute atomic E-state index is 6.30. The molecular formula is C13H23N5S. The first kappa shape index (κ1) is 13.4. The second-order valence-corrected chi connectivity index (χ2v) is 7.01. The van der Waals surface area contributed by atoms with Gasteiger partial charge in [0.2, 0.25) is 5.16 Å². The molecule has 2 N–H and O–H groups in total. The van der Waals surface area contributed by atoms with Crippen LogP contribution in [0.3, 0.4) is 0 Å². The summed E-state index contributed by atoms with van der Waals surface area (Å²) in [5.74, 6) is 0. The summed E-state index contributed by atoms with van der Waals surface area (Å²) in [7, 11) is 0. The van der Waals surface area contributed by atoms with E-state index in [2.05, 4.69) is 20.2 Å². The number of nitrogens with zero attached hydrogens (tertiary/aromatic N) is 4. The monoisotopic (exact) mass is 281 g/mol. The van der Waals surface area contributed by atoms with Gasteiger partial charge in [0, 0.05) is 11.3 Å². The van der Waals surface area contributed by atoms with Crippen molar-refractivity contribution < 1.29 is 0 Å². The zero-order valence-electron chi connectivity index (χ0n) is 11.4. The summed E-state index contributed by atoms with van der Waals surface area (Å²) in [5.41, 5.74) is 6.30. The minimum atomic E-state index is 0.293. The maximum atomic E-state index is 6.30. The van der Waals surface area contributed by atoms with Crippen LogP contribution in [0, 0.1) is 0 Å². The Hall–Kier alpha value is -0.620. The molecule has 2 unspecified atom stereocenters. The molecule has 0 radical (unpaired) electrons. The smallest absolute Gasteiger partial charge is 0.209 e. The van der Waals surface area contributed by atoms with Gasteiger partial charge >= 0.3 is 0 Å². The van der Waals surface area contributed by atoms with Gasteiger partial charge < -0.3 is 5.73 Å². The maximum Gasteiger partial charge on any atom is 0.209 e. The normalized spacial score (nSPS) is 29.5. The van der Waals surface area contributed by atoms with E-state index in [-0.39, 0.29) is 0 Å². The van der Waals surface area contributed by atoms with Crippen LogP contribution in [-0.4, -0.2) is 31.5 Å². The van der Waals surface area contributed by atoms with Gasteiger partial charge in [-0.3, -0.25) is 0 Å².